The summed E-state index contributed by atoms with van der Waals surface area (Å²) in [7, 11) is 0. The molecule has 1 aromatic rings. The number of nitrogens with one attached hydrogen (secondary N) is 1. The van der Waals surface area contributed by atoms with Crippen LogP contribution < -0.4 is 5.32 Å². The van der Waals surface area contributed by atoms with Crippen LogP contribution >= 0.6 is 34.7 Å². The second kappa shape index (κ2) is 5.21. The number of thioether (sulfide) groups is 1. The minimum absolute atomic E-state index is 0.682. The monoisotopic (exact) mass is 286 g/mol. The van der Waals surface area contributed by atoms with Gasteiger partial charge in [0.1, 0.15) is 0 Å². The molecule has 92 valence electrons. The van der Waals surface area contributed by atoms with Crippen molar-refractivity contribution in [2.75, 3.05) is 5.75 Å². The van der Waals surface area contributed by atoms with E-state index < -0.39 is 0 Å². The van der Waals surface area contributed by atoms with Crippen molar-refractivity contribution in [3.05, 3.63) is 21.3 Å². The first kappa shape index (κ1) is 11.9. The van der Waals surface area contributed by atoms with Gasteiger partial charge in [0, 0.05) is 16.7 Å². The molecule has 1 saturated carbocycles. The summed E-state index contributed by atoms with van der Waals surface area (Å²) in [6.07, 6.45) is 4.07. The number of thiophene rings is 1. The first-order valence-corrected chi connectivity index (χ1v) is 8.17. The lowest BCUT2D eigenvalue weighted by Crippen LogP contribution is -2.41. The Bertz CT molecular complexity index is 430. The molecule has 1 saturated heterocycles. The molecule has 1 N–H and O–H groups in total. The summed E-state index contributed by atoms with van der Waals surface area (Å²) in [6.45, 7) is 0.754. The Morgan fingerprint density at radius 2 is 2.35 bits per heavy atom. The minimum atomic E-state index is 0.682. The molecule has 0 bridgehead atoms. The first-order valence-electron chi connectivity index (χ1n) is 5.99. The van der Waals surface area contributed by atoms with E-state index in [4.69, 9.17) is 11.6 Å². The predicted octanol–water partition coefficient (Wildman–Crippen LogP) is 3.76. The van der Waals surface area contributed by atoms with E-state index in [-0.39, 0.29) is 0 Å². The molecule has 3 rings (SSSR count). The minimum Gasteiger partial charge on any atom is -0.362 e. The fraction of sp³-hybridized carbons (Fsp3) is 0.583. The number of hydrogen-bond donors (Lipinski definition) is 1. The molecule has 2 fully saturated rings. The van der Waals surface area contributed by atoms with Crippen molar-refractivity contribution in [1.29, 1.82) is 0 Å². The third-order valence-electron chi connectivity index (χ3n) is 3.41. The SMILES string of the molecule is Clc1ccc(CN=C2NC3CCCC3CS2)s1. The molecule has 2 atom stereocenters. The molecule has 2 heterocycles. The molecule has 17 heavy (non-hydrogen) atoms. The van der Waals surface area contributed by atoms with Crippen LogP contribution in [-0.2, 0) is 6.54 Å². The van der Waals surface area contributed by atoms with Crippen LogP contribution in [0.15, 0.2) is 17.1 Å². The van der Waals surface area contributed by atoms with Crippen LogP contribution in [-0.4, -0.2) is 17.0 Å². The van der Waals surface area contributed by atoms with E-state index in [1.54, 1.807) is 11.3 Å². The Labute approximate surface area is 115 Å². The molecule has 0 aromatic carbocycles. The van der Waals surface area contributed by atoms with Crippen LogP contribution in [0.2, 0.25) is 4.34 Å². The Hall–Kier alpha value is -0.190. The van der Waals surface area contributed by atoms with Crippen LogP contribution in [0.1, 0.15) is 24.1 Å². The van der Waals surface area contributed by atoms with Gasteiger partial charge < -0.3 is 5.32 Å². The lowest BCUT2D eigenvalue weighted by atomic mass is 10.1. The second-order valence-electron chi connectivity index (χ2n) is 4.58. The van der Waals surface area contributed by atoms with Gasteiger partial charge in [-0.3, -0.25) is 4.99 Å². The van der Waals surface area contributed by atoms with E-state index in [1.165, 1.54) is 29.9 Å². The molecular weight excluding hydrogens is 272 g/mol. The summed E-state index contributed by atoms with van der Waals surface area (Å²) in [6, 6.07) is 4.68. The third kappa shape index (κ3) is 2.80. The van der Waals surface area contributed by atoms with Crippen molar-refractivity contribution in [2.45, 2.75) is 31.8 Å². The summed E-state index contributed by atoms with van der Waals surface area (Å²) in [5.74, 6) is 2.11. The molecule has 0 amide bonds. The number of hydrogen-bond acceptors (Lipinski definition) is 3. The summed E-state index contributed by atoms with van der Waals surface area (Å²) in [4.78, 5) is 5.88. The van der Waals surface area contributed by atoms with Crippen molar-refractivity contribution >= 4 is 39.9 Å². The molecule has 0 radical (unpaired) electrons. The van der Waals surface area contributed by atoms with Crippen LogP contribution in [0.25, 0.3) is 0 Å². The Morgan fingerprint density at radius 1 is 1.41 bits per heavy atom. The van der Waals surface area contributed by atoms with Crippen molar-refractivity contribution in [2.24, 2.45) is 10.9 Å². The maximum Gasteiger partial charge on any atom is 0.157 e. The van der Waals surface area contributed by atoms with E-state index in [1.807, 2.05) is 17.8 Å². The lowest BCUT2D eigenvalue weighted by Gasteiger charge is -2.27. The van der Waals surface area contributed by atoms with E-state index in [2.05, 4.69) is 16.4 Å². The molecule has 1 aliphatic carbocycles. The topological polar surface area (TPSA) is 24.4 Å². The molecule has 2 unspecified atom stereocenters. The second-order valence-corrected chi connectivity index (χ2v) is 7.39. The van der Waals surface area contributed by atoms with Crippen molar-refractivity contribution < 1.29 is 0 Å². The fourth-order valence-corrected chi connectivity index (χ4v) is 4.66. The van der Waals surface area contributed by atoms with Gasteiger partial charge in [-0.1, -0.05) is 29.8 Å². The number of nitrogens with zero attached hydrogens (tertiary/aromatic N) is 1. The van der Waals surface area contributed by atoms with E-state index in [0.29, 0.717) is 6.04 Å². The zero-order valence-corrected chi connectivity index (χ0v) is 11.9. The predicted molar refractivity (Wildman–Crippen MR) is 77.2 cm³/mol. The zero-order chi connectivity index (χ0) is 11.7. The molecule has 5 heteroatoms. The average molecular weight is 287 g/mol. The summed E-state index contributed by atoms with van der Waals surface area (Å²) in [5.41, 5.74) is 0. The van der Waals surface area contributed by atoms with Gasteiger partial charge in [0.05, 0.1) is 10.9 Å². The molecular formula is C12H15ClN2S2. The van der Waals surface area contributed by atoms with Crippen molar-refractivity contribution in [3.63, 3.8) is 0 Å². The summed E-state index contributed by atoms with van der Waals surface area (Å²) < 4.78 is 0.848. The fourth-order valence-electron chi connectivity index (χ4n) is 2.49. The van der Waals surface area contributed by atoms with Crippen molar-refractivity contribution in [3.8, 4) is 0 Å². The third-order valence-corrected chi connectivity index (χ3v) is 5.74. The van der Waals surface area contributed by atoms with Crippen LogP contribution in [0, 0.1) is 5.92 Å². The van der Waals surface area contributed by atoms with Gasteiger partial charge in [-0.2, -0.15) is 0 Å². The highest BCUT2D eigenvalue weighted by Gasteiger charge is 2.31. The number of rotatable bonds is 2. The van der Waals surface area contributed by atoms with Gasteiger partial charge in [0.2, 0.25) is 0 Å². The number of fused-ring (bicyclic) bond motifs is 1. The number of halogens is 1. The van der Waals surface area contributed by atoms with Gasteiger partial charge in [-0.05, 0) is 30.9 Å². The summed E-state index contributed by atoms with van der Waals surface area (Å²) >= 11 is 9.40. The smallest absolute Gasteiger partial charge is 0.157 e. The normalized spacial score (nSPS) is 30.3. The Morgan fingerprint density at radius 3 is 3.18 bits per heavy atom. The molecule has 2 nitrogen and oxygen atoms in total. The lowest BCUT2D eigenvalue weighted by molar-refractivity contribution is 0.490. The molecule has 1 aliphatic heterocycles. The summed E-state index contributed by atoms with van der Waals surface area (Å²) in [5, 5.41) is 4.70. The average Bonchev–Trinajstić information content (AvgIpc) is 2.94. The maximum atomic E-state index is 5.90. The molecule has 0 spiro atoms. The number of amidine groups is 1. The highest BCUT2D eigenvalue weighted by Crippen LogP contribution is 2.33. The number of aliphatic imine (C=N–C) groups is 1. The van der Waals surface area contributed by atoms with Crippen LogP contribution in [0.5, 0.6) is 0 Å². The van der Waals surface area contributed by atoms with E-state index in [0.717, 1.165) is 22.0 Å². The van der Waals surface area contributed by atoms with E-state index >= 15 is 0 Å². The van der Waals surface area contributed by atoms with Crippen LogP contribution in [0.4, 0.5) is 0 Å². The van der Waals surface area contributed by atoms with Gasteiger partial charge in [-0.15, -0.1) is 11.3 Å². The Balaban J connectivity index is 1.61. The standard InChI is InChI=1S/C12H15ClN2S2/c13-11-5-4-9(17-11)6-14-12-15-10-3-1-2-8(10)7-16-12/h4-5,8,10H,1-3,6-7H2,(H,14,15). The molecule has 2 aliphatic rings. The highest BCUT2D eigenvalue weighted by molar-refractivity contribution is 8.13. The Kier molecular flexibility index (Phi) is 3.64. The van der Waals surface area contributed by atoms with Gasteiger partial charge >= 0.3 is 0 Å². The van der Waals surface area contributed by atoms with Gasteiger partial charge in [0.15, 0.2) is 5.17 Å². The van der Waals surface area contributed by atoms with Gasteiger partial charge in [0.25, 0.3) is 0 Å². The van der Waals surface area contributed by atoms with Crippen molar-refractivity contribution in [1.82, 2.24) is 5.32 Å². The first-order chi connectivity index (χ1) is 8.31. The van der Waals surface area contributed by atoms with Crippen LogP contribution in [0.3, 0.4) is 0 Å². The quantitative estimate of drug-likeness (QED) is 0.895. The highest BCUT2D eigenvalue weighted by atomic mass is 35.5. The molecule has 1 aromatic heterocycles. The zero-order valence-electron chi connectivity index (χ0n) is 9.49. The van der Waals surface area contributed by atoms with Gasteiger partial charge in [-0.25, -0.2) is 0 Å². The maximum absolute atomic E-state index is 5.90. The van der Waals surface area contributed by atoms with E-state index in [9.17, 15) is 0 Å². The largest absolute Gasteiger partial charge is 0.362 e.